The average molecular weight is 431 g/mol. The number of Topliss-reactive ketones (excluding diaryl/α,β-unsaturated/α-hetero) is 1. The lowest BCUT2D eigenvalue weighted by atomic mass is 9.79. The predicted octanol–water partition coefficient (Wildman–Crippen LogP) is 6.33. The van der Waals surface area contributed by atoms with Crippen molar-refractivity contribution >= 4 is 16.8 Å². The Hall–Kier alpha value is -2.46. The summed E-state index contributed by atoms with van der Waals surface area (Å²) in [6.45, 7) is 3.18. The molecule has 3 heterocycles. The molecule has 5 rings (SSSR count). The Balaban J connectivity index is 1.19. The van der Waals surface area contributed by atoms with E-state index in [0.29, 0.717) is 11.7 Å². The summed E-state index contributed by atoms with van der Waals surface area (Å²) in [6, 6.07) is 14.7. The van der Waals surface area contributed by atoms with E-state index in [1.165, 1.54) is 43.1 Å². The molecule has 0 spiro atoms. The van der Waals surface area contributed by atoms with Crippen molar-refractivity contribution in [1.82, 2.24) is 9.88 Å². The molecule has 2 aliphatic rings. The number of rotatable bonds is 7. The van der Waals surface area contributed by atoms with Crippen LogP contribution in [0.4, 0.5) is 0 Å². The van der Waals surface area contributed by atoms with Gasteiger partial charge in [0.05, 0.1) is 17.9 Å². The summed E-state index contributed by atoms with van der Waals surface area (Å²) in [6.07, 6.45) is 12.6. The highest BCUT2D eigenvalue weighted by Gasteiger charge is 2.31. The van der Waals surface area contributed by atoms with E-state index in [2.05, 4.69) is 34.1 Å². The largest absolute Gasteiger partial charge is 0.464 e. The van der Waals surface area contributed by atoms with Crippen LogP contribution in [0.1, 0.15) is 74.5 Å². The topological polar surface area (TPSA) is 46.3 Å². The minimum atomic E-state index is -0.0551. The van der Waals surface area contributed by atoms with Crippen molar-refractivity contribution in [2.75, 3.05) is 19.6 Å². The Labute approximate surface area is 191 Å². The Bertz CT molecular complexity index is 1010. The summed E-state index contributed by atoms with van der Waals surface area (Å²) in [7, 11) is 0. The lowest BCUT2D eigenvalue weighted by Gasteiger charge is -2.33. The third-order valence-electron chi connectivity index (χ3n) is 7.67. The molecule has 0 N–H and O–H groups in total. The summed E-state index contributed by atoms with van der Waals surface area (Å²) in [5, 5.41) is 1.20. The highest BCUT2D eigenvalue weighted by Crippen LogP contribution is 2.33. The summed E-state index contributed by atoms with van der Waals surface area (Å²) >= 11 is 0. The minimum absolute atomic E-state index is 0.0551. The van der Waals surface area contributed by atoms with Gasteiger partial charge in [-0.25, -0.2) is 0 Å². The van der Waals surface area contributed by atoms with Crippen molar-refractivity contribution in [2.45, 2.75) is 63.2 Å². The van der Waals surface area contributed by atoms with Crippen LogP contribution in [0.3, 0.4) is 0 Å². The number of fused-ring (bicyclic) bond motifs is 1. The zero-order chi connectivity index (χ0) is 21.8. The van der Waals surface area contributed by atoms with Crippen LogP contribution in [-0.4, -0.2) is 35.3 Å². The Morgan fingerprint density at radius 1 is 1.03 bits per heavy atom. The molecule has 0 bridgehead atoms. The molecule has 1 aliphatic carbocycles. The standard InChI is InChI=1S/C28H34N2O2/c31-28(22-6-2-1-3-7-22)25(26-8-4-5-15-29-26)13-18-30-16-11-21(12-17-30)23-9-10-27-24(20-23)14-19-32-27/h4-5,8-10,14-15,19-22,25H,1-3,6-7,11-13,16-18H2. The second kappa shape index (κ2) is 9.99. The molecule has 4 heteroatoms. The maximum absolute atomic E-state index is 13.4. The van der Waals surface area contributed by atoms with Crippen molar-refractivity contribution in [2.24, 2.45) is 5.92 Å². The van der Waals surface area contributed by atoms with E-state index in [1.807, 2.05) is 24.4 Å². The first-order chi connectivity index (χ1) is 15.8. The van der Waals surface area contributed by atoms with Crippen molar-refractivity contribution in [3.05, 3.63) is 66.2 Å². The van der Waals surface area contributed by atoms with Crippen LogP contribution in [-0.2, 0) is 4.79 Å². The van der Waals surface area contributed by atoms with E-state index in [1.54, 1.807) is 6.26 Å². The van der Waals surface area contributed by atoms with Crippen LogP contribution >= 0.6 is 0 Å². The second-order valence-corrected chi connectivity index (χ2v) is 9.67. The highest BCUT2D eigenvalue weighted by atomic mass is 16.3. The first kappa shape index (κ1) is 21.4. The summed E-state index contributed by atoms with van der Waals surface area (Å²) in [5.41, 5.74) is 3.36. The number of likely N-dealkylation sites (tertiary alicyclic amines) is 1. The molecule has 3 aromatic rings. The van der Waals surface area contributed by atoms with E-state index in [9.17, 15) is 4.79 Å². The van der Waals surface area contributed by atoms with Gasteiger partial charge in [-0.1, -0.05) is 31.4 Å². The normalized spacial score (nSPS) is 19.9. The number of hydrogen-bond donors (Lipinski definition) is 0. The van der Waals surface area contributed by atoms with Crippen LogP contribution in [0.5, 0.6) is 0 Å². The van der Waals surface area contributed by atoms with Crippen molar-refractivity contribution in [3.8, 4) is 0 Å². The van der Waals surface area contributed by atoms with Crippen LogP contribution in [0.2, 0.25) is 0 Å². The van der Waals surface area contributed by atoms with Gasteiger partial charge in [-0.05, 0) is 93.6 Å². The van der Waals surface area contributed by atoms with E-state index >= 15 is 0 Å². The monoisotopic (exact) mass is 430 g/mol. The number of hydrogen-bond acceptors (Lipinski definition) is 4. The Morgan fingerprint density at radius 3 is 2.66 bits per heavy atom. The Morgan fingerprint density at radius 2 is 1.88 bits per heavy atom. The third-order valence-corrected chi connectivity index (χ3v) is 7.67. The van der Waals surface area contributed by atoms with Gasteiger partial charge in [-0.3, -0.25) is 9.78 Å². The van der Waals surface area contributed by atoms with Crippen LogP contribution < -0.4 is 0 Å². The summed E-state index contributed by atoms with van der Waals surface area (Å²) in [4.78, 5) is 20.6. The van der Waals surface area contributed by atoms with E-state index in [-0.39, 0.29) is 11.8 Å². The molecule has 1 aromatic carbocycles. The van der Waals surface area contributed by atoms with Crippen LogP contribution in [0.15, 0.2) is 59.3 Å². The number of benzene rings is 1. The van der Waals surface area contributed by atoms with Gasteiger partial charge in [-0.2, -0.15) is 0 Å². The molecule has 1 saturated heterocycles. The molecule has 4 nitrogen and oxygen atoms in total. The molecule has 1 aliphatic heterocycles. The molecule has 32 heavy (non-hydrogen) atoms. The number of ketones is 1. The molecule has 168 valence electrons. The lowest BCUT2D eigenvalue weighted by Crippen LogP contribution is -2.35. The SMILES string of the molecule is O=C(C1CCCCC1)C(CCN1CCC(c2ccc3occc3c2)CC1)c1ccccn1. The number of carbonyl (C=O) groups excluding carboxylic acids is 1. The number of carbonyl (C=O) groups is 1. The van der Waals surface area contributed by atoms with Gasteiger partial charge in [-0.15, -0.1) is 0 Å². The first-order valence-electron chi connectivity index (χ1n) is 12.4. The van der Waals surface area contributed by atoms with Crippen LogP contribution in [0.25, 0.3) is 11.0 Å². The molecule has 1 unspecified atom stereocenters. The molecule has 1 saturated carbocycles. The van der Waals surface area contributed by atoms with Gasteiger partial charge in [0.25, 0.3) is 0 Å². The lowest BCUT2D eigenvalue weighted by molar-refractivity contribution is -0.125. The first-order valence-corrected chi connectivity index (χ1v) is 12.4. The minimum Gasteiger partial charge on any atom is -0.464 e. The molecule has 2 fully saturated rings. The molecule has 0 amide bonds. The molecular formula is C28H34N2O2. The number of pyridine rings is 1. The number of piperidine rings is 1. The van der Waals surface area contributed by atoms with Gasteiger partial charge in [0.15, 0.2) is 0 Å². The van der Waals surface area contributed by atoms with E-state index in [4.69, 9.17) is 4.42 Å². The highest BCUT2D eigenvalue weighted by molar-refractivity contribution is 5.87. The van der Waals surface area contributed by atoms with Gasteiger partial charge in [0.2, 0.25) is 0 Å². The van der Waals surface area contributed by atoms with Gasteiger partial charge in [0, 0.05) is 17.5 Å². The smallest absolute Gasteiger partial charge is 0.145 e. The molecule has 2 aromatic heterocycles. The third kappa shape index (κ3) is 4.80. The number of furan rings is 1. The van der Waals surface area contributed by atoms with Crippen molar-refractivity contribution in [3.63, 3.8) is 0 Å². The summed E-state index contributed by atoms with van der Waals surface area (Å²) in [5.74, 6) is 1.23. The van der Waals surface area contributed by atoms with E-state index in [0.717, 1.165) is 50.2 Å². The van der Waals surface area contributed by atoms with Gasteiger partial charge in [0.1, 0.15) is 11.4 Å². The van der Waals surface area contributed by atoms with Crippen LogP contribution in [0, 0.1) is 5.92 Å². The van der Waals surface area contributed by atoms with Gasteiger partial charge < -0.3 is 9.32 Å². The molecule has 1 atom stereocenters. The molecular weight excluding hydrogens is 396 g/mol. The summed E-state index contributed by atoms with van der Waals surface area (Å²) < 4.78 is 5.49. The number of aromatic nitrogens is 1. The fourth-order valence-electron chi connectivity index (χ4n) is 5.73. The maximum Gasteiger partial charge on any atom is 0.145 e. The molecule has 0 radical (unpaired) electrons. The fraction of sp³-hybridized carbons (Fsp3) is 0.500. The maximum atomic E-state index is 13.4. The zero-order valence-corrected chi connectivity index (χ0v) is 18.9. The fourth-order valence-corrected chi connectivity index (χ4v) is 5.73. The predicted molar refractivity (Wildman–Crippen MR) is 128 cm³/mol. The Kier molecular flexibility index (Phi) is 6.68. The average Bonchev–Trinajstić information content (AvgIpc) is 3.34. The van der Waals surface area contributed by atoms with E-state index < -0.39 is 0 Å². The number of nitrogens with zero attached hydrogens (tertiary/aromatic N) is 2. The quantitative estimate of drug-likeness (QED) is 0.439. The van der Waals surface area contributed by atoms with Crippen molar-refractivity contribution in [1.29, 1.82) is 0 Å². The zero-order valence-electron chi connectivity index (χ0n) is 18.9. The van der Waals surface area contributed by atoms with Gasteiger partial charge >= 0.3 is 0 Å². The second-order valence-electron chi connectivity index (χ2n) is 9.67. The van der Waals surface area contributed by atoms with Crippen molar-refractivity contribution < 1.29 is 9.21 Å².